The van der Waals surface area contributed by atoms with Crippen molar-refractivity contribution in [3.8, 4) is 0 Å². The topological polar surface area (TPSA) is 63.6 Å². The maximum absolute atomic E-state index is 10.7. The van der Waals surface area contributed by atoms with Crippen LogP contribution in [0.25, 0.3) is 0 Å². The second-order valence-electron chi connectivity index (χ2n) is 6.28. The molecule has 22 heavy (non-hydrogen) atoms. The molecule has 0 saturated heterocycles. The molecule has 0 heterocycles. The average molecular weight is 326 g/mol. The quantitative estimate of drug-likeness (QED) is 0.704. The van der Waals surface area contributed by atoms with E-state index in [1.54, 1.807) is 0 Å². The van der Waals surface area contributed by atoms with Crippen LogP contribution in [0.15, 0.2) is 30.3 Å². The van der Waals surface area contributed by atoms with E-state index < -0.39 is 10.1 Å². The molecule has 3 unspecified atom stereocenters. The van der Waals surface area contributed by atoms with Crippen molar-refractivity contribution in [3.05, 3.63) is 35.9 Å². The van der Waals surface area contributed by atoms with E-state index in [4.69, 9.17) is 9.29 Å². The number of benzene rings is 1. The van der Waals surface area contributed by atoms with Gasteiger partial charge in [0.15, 0.2) is 0 Å². The van der Waals surface area contributed by atoms with E-state index in [1.807, 2.05) is 6.07 Å². The third-order valence-corrected chi connectivity index (χ3v) is 5.28. The SMILES string of the molecule is CC(CCCC1CCC1OCCS(=O)(=O)O)c1ccccc1. The lowest BCUT2D eigenvalue weighted by atomic mass is 9.78. The molecule has 0 aromatic heterocycles. The molecule has 2 rings (SSSR count). The van der Waals surface area contributed by atoms with Crippen LogP contribution < -0.4 is 0 Å². The molecule has 5 heteroatoms. The van der Waals surface area contributed by atoms with E-state index in [1.165, 1.54) is 12.0 Å². The smallest absolute Gasteiger partial charge is 0.267 e. The van der Waals surface area contributed by atoms with E-state index in [9.17, 15) is 8.42 Å². The number of rotatable bonds is 9. The highest BCUT2D eigenvalue weighted by molar-refractivity contribution is 7.85. The summed E-state index contributed by atoms with van der Waals surface area (Å²) in [7, 11) is -3.91. The predicted octanol–water partition coefficient (Wildman–Crippen LogP) is 3.64. The molecule has 3 atom stereocenters. The summed E-state index contributed by atoms with van der Waals surface area (Å²) < 4.78 is 35.6. The van der Waals surface area contributed by atoms with Gasteiger partial charge in [0, 0.05) is 0 Å². The summed E-state index contributed by atoms with van der Waals surface area (Å²) in [5, 5.41) is 0. The first-order chi connectivity index (χ1) is 10.5. The van der Waals surface area contributed by atoms with Crippen LogP contribution in [0.2, 0.25) is 0 Å². The molecule has 4 nitrogen and oxygen atoms in total. The van der Waals surface area contributed by atoms with Crippen LogP contribution in [0.3, 0.4) is 0 Å². The van der Waals surface area contributed by atoms with Crippen molar-refractivity contribution in [2.45, 2.75) is 51.0 Å². The molecule has 124 valence electrons. The number of ether oxygens (including phenoxy) is 1. The molecular formula is C17H26O4S. The molecule has 0 radical (unpaired) electrons. The van der Waals surface area contributed by atoms with Gasteiger partial charge in [-0.2, -0.15) is 8.42 Å². The Morgan fingerprint density at radius 1 is 1.27 bits per heavy atom. The summed E-state index contributed by atoms with van der Waals surface area (Å²) >= 11 is 0. The van der Waals surface area contributed by atoms with Gasteiger partial charge in [-0.25, -0.2) is 0 Å². The van der Waals surface area contributed by atoms with Gasteiger partial charge in [0.2, 0.25) is 0 Å². The van der Waals surface area contributed by atoms with E-state index >= 15 is 0 Å². The maximum atomic E-state index is 10.7. The fraction of sp³-hybridized carbons (Fsp3) is 0.647. The normalized spacial score (nSPS) is 23.0. The Morgan fingerprint density at radius 3 is 2.59 bits per heavy atom. The molecule has 1 fully saturated rings. The zero-order chi connectivity index (χ0) is 16.0. The van der Waals surface area contributed by atoms with Crippen LogP contribution in [0.5, 0.6) is 0 Å². The first-order valence-corrected chi connectivity index (χ1v) is 9.68. The Bertz CT molecular complexity index is 541. The van der Waals surface area contributed by atoms with Gasteiger partial charge in [0.25, 0.3) is 10.1 Å². The Balaban J connectivity index is 1.63. The predicted molar refractivity (Wildman–Crippen MR) is 87.6 cm³/mol. The summed E-state index contributed by atoms with van der Waals surface area (Å²) in [6.07, 6.45) is 5.81. The molecule has 1 aromatic carbocycles. The minimum Gasteiger partial charge on any atom is -0.377 e. The Hall–Kier alpha value is -0.910. The van der Waals surface area contributed by atoms with Gasteiger partial charge in [-0.1, -0.05) is 43.7 Å². The Morgan fingerprint density at radius 2 is 2.00 bits per heavy atom. The molecule has 1 saturated carbocycles. The van der Waals surface area contributed by atoms with Gasteiger partial charge >= 0.3 is 0 Å². The second-order valence-corrected chi connectivity index (χ2v) is 7.85. The average Bonchev–Trinajstić information content (AvgIpc) is 2.46. The summed E-state index contributed by atoms with van der Waals surface area (Å²) in [5.74, 6) is 0.811. The third-order valence-electron chi connectivity index (χ3n) is 4.60. The van der Waals surface area contributed by atoms with Crippen LogP contribution in [-0.2, 0) is 14.9 Å². The largest absolute Gasteiger partial charge is 0.377 e. The van der Waals surface area contributed by atoms with Crippen LogP contribution >= 0.6 is 0 Å². The van der Waals surface area contributed by atoms with Crippen LogP contribution in [-0.4, -0.2) is 31.4 Å². The molecule has 0 spiro atoms. The van der Waals surface area contributed by atoms with Gasteiger partial charge in [-0.05, 0) is 43.1 Å². The van der Waals surface area contributed by atoms with Crippen molar-refractivity contribution in [1.29, 1.82) is 0 Å². The minimum absolute atomic E-state index is 0.0976. The van der Waals surface area contributed by atoms with Gasteiger partial charge in [0.05, 0.1) is 18.5 Å². The third kappa shape index (κ3) is 5.71. The zero-order valence-electron chi connectivity index (χ0n) is 13.1. The van der Waals surface area contributed by atoms with Crippen LogP contribution in [0, 0.1) is 5.92 Å². The summed E-state index contributed by atoms with van der Waals surface area (Å²) in [6.45, 7) is 2.36. The molecule has 1 N–H and O–H groups in total. The Kier molecular flexibility index (Phi) is 6.41. The van der Waals surface area contributed by atoms with Gasteiger partial charge in [-0.3, -0.25) is 4.55 Å². The van der Waals surface area contributed by atoms with Crippen molar-refractivity contribution in [1.82, 2.24) is 0 Å². The maximum Gasteiger partial charge on any atom is 0.267 e. The van der Waals surface area contributed by atoms with Crippen molar-refractivity contribution < 1.29 is 17.7 Å². The lowest BCUT2D eigenvalue weighted by Crippen LogP contribution is -2.35. The van der Waals surface area contributed by atoms with Crippen molar-refractivity contribution in [2.75, 3.05) is 12.4 Å². The van der Waals surface area contributed by atoms with Crippen LogP contribution in [0.1, 0.15) is 50.5 Å². The van der Waals surface area contributed by atoms with E-state index in [0.717, 1.165) is 25.7 Å². The number of hydrogen-bond acceptors (Lipinski definition) is 3. The first kappa shape index (κ1) is 17.4. The van der Waals surface area contributed by atoms with Crippen LogP contribution in [0.4, 0.5) is 0 Å². The lowest BCUT2D eigenvalue weighted by molar-refractivity contribution is -0.0437. The highest BCUT2D eigenvalue weighted by atomic mass is 32.2. The molecule has 0 bridgehead atoms. The summed E-state index contributed by atoms with van der Waals surface area (Å²) in [6, 6.07) is 10.6. The van der Waals surface area contributed by atoms with Gasteiger partial charge < -0.3 is 4.74 Å². The van der Waals surface area contributed by atoms with E-state index in [0.29, 0.717) is 11.8 Å². The van der Waals surface area contributed by atoms with Crippen molar-refractivity contribution >= 4 is 10.1 Å². The van der Waals surface area contributed by atoms with Crippen molar-refractivity contribution in [3.63, 3.8) is 0 Å². The molecule has 0 aliphatic heterocycles. The molecule has 1 aliphatic rings. The Labute approximate surface area is 133 Å². The van der Waals surface area contributed by atoms with E-state index in [-0.39, 0.29) is 18.5 Å². The van der Waals surface area contributed by atoms with Gasteiger partial charge in [0.1, 0.15) is 0 Å². The van der Waals surface area contributed by atoms with Gasteiger partial charge in [-0.15, -0.1) is 0 Å². The summed E-state index contributed by atoms with van der Waals surface area (Å²) in [5.41, 5.74) is 1.39. The lowest BCUT2D eigenvalue weighted by Gasteiger charge is -2.36. The number of hydrogen-bond donors (Lipinski definition) is 1. The second kappa shape index (κ2) is 8.09. The standard InChI is InChI=1S/C17H26O4S/c1-14(15-7-3-2-4-8-15)6-5-9-16-10-11-17(16)21-12-13-22(18,19)20/h2-4,7-8,14,16-17H,5-6,9-13H2,1H3,(H,18,19,20). The molecule has 1 aliphatic carbocycles. The highest BCUT2D eigenvalue weighted by Gasteiger charge is 2.31. The molecule has 1 aromatic rings. The highest BCUT2D eigenvalue weighted by Crippen LogP contribution is 2.35. The first-order valence-electron chi connectivity index (χ1n) is 8.07. The fourth-order valence-electron chi connectivity index (χ4n) is 3.03. The zero-order valence-corrected chi connectivity index (χ0v) is 14.0. The molecule has 0 amide bonds. The van der Waals surface area contributed by atoms with E-state index in [2.05, 4.69) is 31.2 Å². The minimum atomic E-state index is -3.91. The van der Waals surface area contributed by atoms with Crippen molar-refractivity contribution in [2.24, 2.45) is 5.92 Å². The molecular weight excluding hydrogens is 300 g/mol. The fourth-order valence-corrected chi connectivity index (χ4v) is 3.33. The summed E-state index contributed by atoms with van der Waals surface area (Å²) in [4.78, 5) is 0. The monoisotopic (exact) mass is 326 g/mol.